The molecule has 3 rings (SSSR count). The van der Waals surface area contributed by atoms with E-state index in [9.17, 15) is 4.79 Å². The van der Waals surface area contributed by atoms with Crippen LogP contribution in [0.25, 0.3) is 0 Å². The predicted molar refractivity (Wildman–Crippen MR) is 82.0 cm³/mol. The van der Waals surface area contributed by atoms with Crippen LogP contribution in [-0.4, -0.2) is 12.5 Å². The molecule has 1 unspecified atom stereocenters. The number of carbonyl (C=O) groups excluding carboxylic acids is 1. The lowest BCUT2D eigenvalue weighted by Gasteiger charge is -2.18. The molecular formula is C17H20N2O2. The van der Waals surface area contributed by atoms with E-state index in [0.717, 1.165) is 24.4 Å². The zero-order chi connectivity index (χ0) is 14.7. The van der Waals surface area contributed by atoms with Crippen molar-refractivity contribution in [2.75, 3.05) is 11.4 Å². The van der Waals surface area contributed by atoms with Gasteiger partial charge in [0.2, 0.25) is 5.91 Å². The molecule has 0 bridgehead atoms. The van der Waals surface area contributed by atoms with Crippen molar-refractivity contribution in [1.29, 1.82) is 0 Å². The molecule has 1 aliphatic rings. The lowest BCUT2D eigenvalue weighted by molar-refractivity contribution is -0.117. The SMILES string of the molecule is CC(NCc1ccco1)c1ccc(N2CCCC2=O)cc1. The Morgan fingerprint density at radius 3 is 2.71 bits per heavy atom. The number of carbonyl (C=O) groups is 1. The maximum Gasteiger partial charge on any atom is 0.227 e. The highest BCUT2D eigenvalue weighted by molar-refractivity contribution is 5.95. The molecular weight excluding hydrogens is 264 g/mol. The van der Waals surface area contributed by atoms with Gasteiger partial charge in [0.05, 0.1) is 12.8 Å². The lowest BCUT2D eigenvalue weighted by Crippen LogP contribution is -2.23. The van der Waals surface area contributed by atoms with E-state index >= 15 is 0 Å². The van der Waals surface area contributed by atoms with Crippen molar-refractivity contribution in [3.8, 4) is 0 Å². The minimum atomic E-state index is 0.228. The summed E-state index contributed by atoms with van der Waals surface area (Å²) in [7, 11) is 0. The summed E-state index contributed by atoms with van der Waals surface area (Å²) < 4.78 is 5.31. The number of rotatable bonds is 5. The third kappa shape index (κ3) is 3.16. The van der Waals surface area contributed by atoms with Crippen LogP contribution in [0.3, 0.4) is 0 Å². The van der Waals surface area contributed by atoms with E-state index in [1.165, 1.54) is 5.56 Å². The van der Waals surface area contributed by atoms with Crippen LogP contribution in [-0.2, 0) is 11.3 Å². The molecule has 21 heavy (non-hydrogen) atoms. The van der Waals surface area contributed by atoms with Gasteiger partial charge in [0, 0.05) is 24.7 Å². The second kappa shape index (κ2) is 6.14. The third-order valence-corrected chi connectivity index (χ3v) is 3.94. The van der Waals surface area contributed by atoms with Crippen LogP contribution in [0.2, 0.25) is 0 Å². The Kier molecular flexibility index (Phi) is 4.06. The van der Waals surface area contributed by atoms with Crippen LogP contribution in [0.5, 0.6) is 0 Å². The van der Waals surface area contributed by atoms with E-state index in [-0.39, 0.29) is 11.9 Å². The fraction of sp³-hybridized carbons (Fsp3) is 0.353. The molecule has 1 atom stereocenters. The van der Waals surface area contributed by atoms with E-state index in [2.05, 4.69) is 24.4 Å². The molecule has 1 fully saturated rings. The topological polar surface area (TPSA) is 45.5 Å². The van der Waals surface area contributed by atoms with Crippen molar-refractivity contribution in [2.45, 2.75) is 32.4 Å². The van der Waals surface area contributed by atoms with E-state index in [1.54, 1.807) is 6.26 Å². The first kappa shape index (κ1) is 13.9. The fourth-order valence-corrected chi connectivity index (χ4v) is 2.65. The number of anilines is 1. The van der Waals surface area contributed by atoms with Gasteiger partial charge >= 0.3 is 0 Å². The second-order valence-corrected chi connectivity index (χ2v) is 5.42. The van der Waals surface area contributed by atoms with Gasteiger partial charge in [-0.2, -0.15) is 0 Å². The van der Waals surface area contributed by atoms with Gasteiger partial charge in [0.1, 0.15) is 5.76 Å². The summed E-state index contributed by atoms with van der Waals surface area (Å²) in [5.41, 5.74) is 2.21. The van der Waals surface area contributed by atoms with Crippen LogP contribution >= 0.6 is 0 Å². The Balaban J connectivity index is 1.62. The maximum atomic E-state index is 11.7. The van der Waals surface area contributed by atoms with Crippen molar-refractivity contribution in [3.63, 3.8) is 0 Å². The molecule has 0 spiro atoms. The summed E-state index contributed by atoms with van der Waals surface area (Å²) in [4.78, 5) is 13.6. The maximum absolute atomic E-state index is 11.7. The molecule has 1 amide bonds. The number of nitrogens with zero attached hydrogens (tertiary/aromatic N) is 1. The highest BCUT2D eigenvalue weighted by Gasteiger charge is 2.21. The van der Waals surface area contributed by atoms with Gasteiger partial charge in [0.15, 0.2) is 0 Å². The van der Waals surface area contributed by atoms with Gasteiger partial charge in [-0.05, 0) is 43.2 Å². The van der Waals surface area contributed by atoms with Crippen molar-refractivity contribution >= 4 is 11.6 Å². The molecule has 4 nitrogen and oxygen atoms in total. The number of furan rings is 1. The smallest absolute Gasteiger partial charge is 0.227 e. The Morgan fingerprint density at radius 2 is 2.10 bits per heavy atom. The number of amides is 1. The van der Waals surface area contributed by atoms with Crippen LogP contribution in [0.1, 0.15) is 37.1 Å². The van der Waals surface area contributed by atoms with E-state index in [0.29, 0.717) is 13.0 Å². The first-order valence-corrected chi connectivity index (χ1v) is 7.40. The minimum Gasteiger partial charge on any atom is -0.468 e. The zero-order valence-electron chi connectivity index (χ0n) is 12.2. The highest BCUT2D eigenvalue weighted by atomic mass is 16.3. The number of nitrogens with one attached hydrogen (secondary N) is 1. The zero-order valence-corrected chi connectivity index (χ0v) is 12.2. The molecule has 0 aliphatic carbocycles. The molecule has 1 aliphatic heterocycles. The number of hydrogen-bond donors (Lipinski definition) is 1. The molecule has 1 N–H and O–H groups in total. The quantitative estimate of drug-likeness (QED) is 0.916. The van der Waals surface area contributed by atoms with E-state index in [4.69, 9.17) is 4.42 Å². The van der Waals surface area contributed by atoms with E-state index in [1.807, 2.05) is 29.2 Å². The van der Waals surface area contributed by atoms with Gasteiger partial charge in [-0.1, -0.05) is 12.1 Å². The van der Waals surface area contributed by atoms with Crippen molar-refractivity contribution < 1.29 is 9.21 Å². The Morgan fingerprint density at radius 1 is 1.29 bits per heavy atom. The molecule has 1 saturated heterocycles. The second-order valence-electron chi connectivity index (χ2n) is 5.42. The van der Waals surface area contributed by atoms with Crippen molar-refractivity contribution in [2.24, 2.45) is 0 Å². The number of hydrogen-bond acceptors (Lipinski definition) is 3. The number of benzene rings is 1. The van der Waals surface area contributed by atoms with Gasteiger partial charge < -0.3 is 14.6 Å². The Hall–Kier alpha value is -2.07. The predicted octanol–water partition coefficient (Wildman–Crippen LogP) is 3.26. The van der Waals surface area contributed by atoms with Crippen molar-refractivity contribution in [3.05, 3.63) is 54.0 Å². The van der Waals surface area contributed by atoms with Crippen LogP contribution in [0.4, 0.5) is 5.69 Å². The summed E-state index contributed by atoms with van der Waals surface area (Å²) in [5.74, 6) is 1.16. The van der Waals surface area contributed by atoms with Crippen LogP contribution in [0, 0.1) is 0 Å². The van der Waals surface area contributed by atoms with Gasteiger partial charge in [-0.15, -0.1) is 0 Å². The highest BCUT2D eigenvalue weighted by Crippen LogP contribution is 2.23. The normalized spacial score (nSPS) is 16.4. The largest absolute Gasteiger partial charge is 0.468 e. The van der Waals surface area contributed by atoms with Crippen LogP contribution < -0.4 is 10.2 Å². The summed E-state index contributed by atoms with van der Waals surface area (Å²) in [6, 6.07) is 12.3. The first-order valence-electron chi connectivity index (χ1n) is 7.40. The summed E-state index contributed by atoms with van der Waals surface area (Å²) in [5, 5.41) is 3.42. The molecule has 0 radical (unpaired) electrons. The minimum absolute atomic E-state index is 0.228. The van der Waals surface area contributed by atoms with Gasteiger partial charge in [-0.3, -0.25) is 4.79 Å². The van der Waals surface area contributed by atoms with E-state index < -0.39 is 0 Å². The average molecular weight is 284 g/mol. The molecule has 1 aromatic carbocycles. The van der Waals surface area contributed by atoms with Crippen molar-refractivity contribution in [1.82, 2.24) is 5.32 Å². The van der Waals surface area contributed by atoms with Gasteiger partial charge in [-0.25, -0.2) is 0 Å². The molecule has 2 heterocycles. The first-order chi connectivity index (χ1) is 10.2. The molecule has 2 aromatic rings. The summed E-state index contributed by atoms with van der Waals surface area (Å²) in [6.07, 6.45) is 3.31. The average Bonchev–Trinajstić information content (AvgIpc) is 3.16. The summed E-state index contributed by atoms with van der Waals surface area (Å²) >= 11 is 0. The molecule has 4 heteroatoms. The molecule has 0 saturated carbocycles. The van der Waals surface area contributed by atoms with Crippen LogP contribution in [0.15, 0.2) is 47.1 Å². The standard InChI is InChI=1S/C17H20N2O2/c1-13(18-12-16-4-3-11-21-16)14-6-8-15(9-7-14)19-10-2-5-17(19)20/h3-4,6-9,11,13,18H,2,5,10,12H2,1H3. The third-order valence-electron chi connectivity index (χ3n) is 3.94. The Labute approximate surface area is 124 Å². The molecule has 1 aromatic heterocycles. The molecule has 110 valence electrons. The fourth-order valence-electron chi connectivity index (χ4n) is 2.65. The lowest BCUT2D eigenvalue weighted by atomic mass is 10.1. The van der Waals surface area contributed by atoms with Gasteiger partial charge in [0.25, 0.3) is 0 Å². The monoisotopic (exact) mass is 284 g/mol. The summed E-state index contributed by atoms with van der Waals surface area (Å²) in [6.45, 7) is 3.67. The Bertz CT molecular complexity index is 590.